The first-order valence-electron chi connectivity index (χ1n) is 7.55. The molecule has 24 heavy (non-hydrogen) atoms. The molecule has 1 heterocycles. The summed E-state index contributed by atoms with van der Waals surface area (Å²) in [6.45, 7) is 3.37. The molecule has 0 unspecified atom stereocenters. The van der Waals surface area contributed by atoms with Gasteiger partial charge in [0, 0.05) is 31.2 Å². The van der Waals surface area contributed by atoms with E-state index < -0.39 is 0 Å². The SMILES string of the molecule is S=C(Nc1ccc(Cl)cc1Cl)N1CCN(c2ccccc2Cl)CC1. The molecular formula is C17H16Cl3N3S. The van der Waals surface area contributed by atoms with Gasteiger partial charge in [0.2, 0.25) is 0 Å². The third-order valence-corrected chi connectivity index (χ3v) is 5.16. The summed E-state index contributed by atoms with van der Waals surface area (Å²) in [5.74, 6) is 0. The Morgan fingerprint density at radius 2 is 1.62 bits per heavy atom. The molecule has 2 aromatic rings. The summed E-state index contributed by atoms with van der Waals surface area (Å²) in [5, 5.41) is 5.79. The lowest BCUT2D eigenvalue weighted by molar-refractivity contribution is 0.391. The van der Waals surface area contributed by atoms with Gasteiger partial charge in [-0.3, -0.25) is 0 Å². The Balaban J connectivity index is 1.60. The number of hydrogen-bond acceptors (Lipinski definition) is 2. The van der Waals surface area contributed by atoms with Crippen molar-refractivity contribution in [3.63, 3.8) is 0 Å². The number of rotatable bonds is 2. The summed E-state index contributed by atoms with van der Waals surface area (Å²) < 4.78 is 0. The fourth-order valence-corrected chi connectivity index (χ4v) is 3.65. The van der Waals surface area contributed by atoms with E-state index >= 15 is 0 Å². The van der Waals surface area contributed by atoms with Gasteiger partial charge in [-0.05, 0) is 42.5 Å². The number of thiocarbonyl (C=S) groups is 1. The smallest absolute Gasteiger partial charge is 0.173 e. The molecular weight excluding hydrogens is 385 g/mol. The molecule has 7 heteroatoms. The van der Waals surface area contributed by atoms with Crippen molar-refractivity contribution in [2.24, 2.45) is 0 Å². The summed E-state index contributed by atoms with van der Waals surface area (Å²) in [6, 6.07) is 13.2. The zero-order valence-corrected chi connectivity index (χ0v) is 15.9. The van der Waals surface area contributed by atoms with Gasteiger partial charge in [0.05, 0.1) is 21.4 Å². The minimum Gasteiger partial charge on any atom is -0.367 e. The monoisotopic (exact) mass is 399 g/mol. The molecule has 3 nitrogen and oxygen atoms in total. The van der Waals surface area contributed by atoms with Crippen LogP contribution in [0.5, 0.6) is 0 Å². The van der Waals surface area contributed by atoms with Crippen molar-refractivity contribution in [1.29, 1.82) is 0 Å². The molecule has 0 radical (unpaired) electrons. The van der Waals surface area contributed by atoms with Crippen LogP contribution in [-0.2, 0) is 0 Å². The van der Waals surface area contributed by atoms with Crippen LogP contribution in [0.1, 0.15) is 0 Å². The van der Waals surface area contributed by atoms with Gasteiger partial charge < -0.3 is 15.1 Å². The summed E-state index contributed by atoms with van der Waals surface area (Å²) in [7, 11) is 0. The molecule has 1 saturated heterocycles. The number of anilines is 2. The summed E-state index contributed by atoms with van der Waals surface area (Å²) in [4.78, 5) is 4.41. The first-order valence-corrected chi connectivity index (χ1v) is 9.09. The predicted octanol–water partition coefficient (Wildman–Crippen LogP) is 5.17. The van der Waals surface area contributed by atoms with Crippen LogP contribution >= 0.6 is 47.0 Å². The maximum atomic E-state index is 6.28. The maximum absolute atomic E-state index is 6.28. The van der Waals surface area contributed by atoms with E-state index in [9.17, 15) is 0 Å². The molecule has 0 saturated carbocycles. The topological polar surface area (TPSA) is 18.5 Å². The number of para-hydroxylation sites is 1. The van der Waals surface area contributed by atoms with Crippen LogP contribution in [0, 0.1) is 0 Å². The second-order valence-corrected chi connectivity index (χ2v) is 7.12. The van der Waals surface area contributed by atoms with Crippen LogP contribution in [0.2, 0.25) is 15.1 Å². The first-order chi connectivity index (χ1) is 11.5. The van der Waals surface area contributed by atoms with E-state index in [1.165, 1.54) is 0 Å². The van der Waals surface area contributed by atoms with Crippen molar-refractivity contribution in [2.75, 3.05) is 36.4 Å². The molecule has 1 aliphatic rings. The Morgan fingerprint density at radius 3 is 2.29 bits per heavy atom. The molecule has 1 fully saturated rings. The standard InChI is InChI=1S/C17H16Cl3N3S/c18-12-5-6-15(14(20)11-12)21-17(24)23-9-7-22(8-10-23)16-4-2-1-3-13(16)19/h1-6,11H,7-10H2,(H,21,24). The third-order valence-electron chi connectivity index (χ3n) is 3.93. The fourth-order valence-electron chi connectivity index (χ4n) is 2.64. The molecule has 0 aliphatic carbocycles. The van der Waals surface area contributed by atoms with Gasteiger partial charge in [-0.15, -0.1) is 0 Å². The van der Waals surface area contributed by atoms with Crippen molar-refractivity contribution < 1.29 is 0 Å². The molecule has 0 aromatic heterocycles. The molecule has 1 N–H and O–H groups in total. The number of hydrogen-bond donors (Lipinski definition) is 1. The van der Waals surface area contributed by atoms with Crippen LogP contribution in [-0.4, -0.2) is 36.2 Å². The fraction of sp³-hybridized carbons (Fsp3) is 0.235. The Hall–Kier alpha value is -1.20. The van der Waals surface area contributed by atoms with Crippen LogP contribution < -0.4 is 10.2 Å². The van der Waals surface area contributed by atoms with Crippen LogP contribution in [0.3, 0.4) is 0 Å². The summed E-state index contributed by atoms with van der Waals surface area (Å²) >= 11 is 23.9. The second-order valence-electron chi connectivity index (χ2n) is 5.48. The summed E-state index contributed by atoms with van der Waals surface area (Å²) in [5.41, 5.74) is 1.83. The molecule has 1 aliphatic heterocycles. The van der Waals surface area contributed by atoms with Gasteiger partial charge in [0.1, 0.15) is 0 Å². The molecule has 3 rings (SSSR count). The predicted molar refractivity (Wildman–Crippen MR) is 108 cm³/mol. The van der Waals surface area contributed by atoms with E-state index in [4.69, 9.17) is 47.0 Å². The first kappa shape index (κ1) is 17.6. The summed E-state index contributed by atoms with van der Waals surface area (Å²) in [6.07, 6.45) is 0. The van der Waals surface area contributed by atoms with Crippen molar-refractivity contribution in [3.05, 3.63) is 57.5 Å². The van der Waals surface area contributed by atoms with E-state index in [1.54, 1.807) is 12.1 Å². The largest absolute Gasteiger partial charge is 0.367 e. The van der Waals surface area contributed by atoms with Gasteiger partial charge in [-0.25, -0.2) is 0 Å². The number of halogens is 3. The molecule has 126 valence electrons. The Labute approximate surface area is 162 Å². The van der Waals surface area contributed by atoms with E-state index in [2.05, 4.69) is 15.1 Å². The van der Waals surface area contributed by atoms with Crippen LogP contribution in [0.25, 0.3) is 0 Å². The number of piperazine rings is 1. The maximum Gasteiger partial charge on any atom is 0.173 e. The normalized spacial score (nSPS) is 14.6. The van der Waals surface area contributed by atoms with Gasteiger partial charge in [0.25, 0.3) is 0 Å². The van der Waals surface area contributed by atoms with Crippen molar-refractivity contribution in [1.82, 2.24) is 4.90 Å². The highest BCUT2D eigenvalue weighted by atomic mass is 35.5. The number of nitrogens with one attached hydrogen (secondary N) is 1. The van der Waals surface area contributed by atoms with Crippen molar-refractivity contribution in [2.45, 2.75) is 0 Å². The lowest BCUT2D eigenvalue weighted by atomic mass is 10.2. The van der Waals surface area contributed by atoms with Crippen LogP contribution in [0.15, 0.2) is 42.5 Å². The van der Waals surface area contributed by atoms with Gasteiger partial charge in [-0.2, -0.15) is 0 Å². The molecule has 0 amide bonds. The highest BCUT2D eigenvalue weighted by molar-refractivity contribution is 7.80. The Bertz CT molecular complexity index is 746. The average molecular weight is 401 g/mol. The minimum atomic E-state index is 0.555. The Kier molecular flexibility index (Phi) is 5.72. The van der Waals surface area contributed by atoms with Gasteiger partial charge >= 0.3 is 0 Å². The molecule has 0 bridgehead atoms. The lowest BCUT2D eigenvalue weighted by Crippen LogP contribution is -2.50. The molecule has 0 atom stereocenters. The molecule has 0 spiro atoms. The molecule has 2 aromatic carbocycles. The Morgan fingerprint density at radius 1 is 0.917 bits per heavy atom. The number of benzene rings is 2. The van der Waals surface area contributed by atoms with Crippen molar-refractivity contribution >= 4 is 63.5 Å². The zero-order valence-electron chi connectivity index (χ0n) is 12.8. The third kappa shape index (κ3) is 4.06. The van der Waals surface area contributed by atoms with Gasteiger partial charge in [0.15, 0.2) is 5.11 Å². The van der Waals surface area contributed by atoms with Crippen molar-refractivity contribution in [3.8, 4) is 0 Å². The quantitative estimate of drug-likeness (QED) is 0.701. The van der Waals surface area contributed by atoms with E-state index in [-0.39, 0.29) is 0 Å². The highest BCUT2D eigenvalue weighted by Gasteiger charge is 2.20. The van der Waals surface area contributed by atoms with E-state index in [0.29, 0.717) is 15.2 Å². The highest BCUT2D eigenvalue weighted by Crippen LogP contribution is 2.27. The van der Waals surface area contributed by atoms with Crippen LogP contribution in [0.4, 0.5) is 11.4 Å². The minimum absolute atomic E-state index is 0.555. The second kappa shape index (κ2) is 7.79. The van der Waals surface area contributed by atoms with E-state index in [0.717, 1.165) is 42.6 Å². The lowest BCUT2D eigenvalue weighted by Gasteiger charge is -2.37. The van der Waals surface area contributed by atoms with E-state index in [1.807, 2.05) is 30.3 Å². The number of nitrogens with zero attached hydrogens (tertiary/aromatic N) is 2. The van der Waals surface area contributed by atoms with Gasteiger partial charge in [-0.1, -0.05) is 46.9 Å². The average Bonchev–Trinajstić information content (AvgIpc) is 2.58. The zero-order chi connectivity index (χ0) is 17.1.